The average Bonchev–Trinajstić information content (AvgIpc) is 2.30. The average molecular weight is 183 g/mol. The minimum Gasteiger partial charge on any atom is -0.407 e. The minimum atomic E-state index is -0.388. The Kier molecular flexibility index (Phi) is 3.02. The van der Waals surface area contributed by atoms with Gasteiger partial charge in [0.2, 0.25) is 0 Å². The van der Waals surface area contributed by atoms with Gasteiger partial charge in [0.15, 0.2) is 11.6 Å². The van der Waals surface area contributed by atoms with Crippen LogP contribution in [0.3, 0.4) is 0 Å². The highest BCUT2D eigenvalue weighted by molar-refractivity contribution is 6.03. The molecule has 0 unspecified atom stereocenters. The van der Waals surface area contributed by atoms with Crippen LogP contribution in [0.4, 0.5) is 0 Å². The summed E-state index contributed by atoms with van der Waals surface area (Å²) in [6.07, 6.45) is 1.65. The first kappa shape index (κ1) is 9.73. The summed E-state index contributed by atoms with van der Waals surface area (Å²) in [6.45, 7) is 2.31. The van der Waals surface area contributed by atoms with E-state index in [-0.39, 0.29) is 5.97 Å². The molecule has 1 rings (SSSR count). The Morgan fingerprint density at radius 1 is 1.69 bits per heavy atom. The van der Waals surface area contributed by atoms with Gasteiger partial charge >= 0.3 is 5.97 Å². The lowest BCUT2D eigenvalue weighted by atomic mass is 10.5. The lowest BCUT2D eigenvalue weighted by Crippen LogP contribution is -2.24. The van der Waals surface area contributed by atoms with Gasteiger partial charge in [0.1, 0.15) is 0 Å². The Morgan fingerprint density at radius 2 is 2.38 bits per heavy atom. The summed E-state index contributed by atoms with van der Waals surface area (Å²) in [5.41, 5.74) is 0.343. The molecule has 1 heterocycles. The first-order valence-corrected chi connectivity index (χ1v) is 3.97. The topological polar surface area (TPSA) is 53.9 Å². The highest BCUT2D eigenvalue weighted by Gasteiger charge is 2.19. The predicted octanol–water partition coefficient (Wildman–Crippen LogP) is -0.0883. The Labute approximate surface area is 77.1 Å². The van der Waals surface area contributed by atoms with E-state index in [1.165, 1.54) is 0 Å². The Hall–Kier alpha value is -1.36. The molecule has 0 spiro atoms. The van der Waals surface area contributed by atoms with Gasteiger partial charge in [0.05, 0.1) is 6.67 Å². The monoisotopic (exact) mass is 183 g/mol. The summed E-state index contributed by atoms with van der Waals surface area (Å²) in [7, 11) is 3.68. The van der Waals surface area contributed by atoms with Crippen molar-refractivity contribution >= 4 is 11.9 Å². The molecule has 0 saturated carbocycles. The van der Waals surface area contributed by atoms with Crippen LogP contribution in [0.15, 0.2) is 16.9 Å². The zero-order valence-electron chi connectivity index (χ0n) is 8.00. The van der Waals surface area contributed by atoms with Crippen molar-refractivity contribution < 1.29 is 9.53 Å². The van der Waals surface area contributed by atoms with Crippen LogP contribution in [0.2, 0.25) is 0 Å². The van der Waals surface area contributed by atoms with E-state index in [0.29, 0.717) is 18.3 Å². The van der Waals surface area contributed by atoms with E-state index in [9.17, 15) is 4.79 Å². The largest absolute Gasteiger partial charge is 0.407 e. The fourth-order valence-corrected chi connectivity index (χ4v) is 1.01. The summed E-state index contributed by atoms with van der Waals surface area (Å²) in [5.74, 6) is 0.00885. The molecule has 0 fully saturated rings. The number of aliphatic imine (C=N–C) groups is 1. The van der Waals surface area contributed by atoms with Crippen molar-refractivity contribution in [2.45, 2.75) is 6.92 Å². The molecule has 13 heavy (non-hydrogen) atoms. The van der Waals surface area contributed by atoms with Crippen LogP contribution in [-0.2, 0) is 9.53 Å². The van der Waals surface area contributed by atoms with E-state index < -0.39 is 0 Å². The molecule has 0 bridgehead atoms. The van der Waals surface area contributed by atoms with Crippen LogP contribution in [-0.4, -0.2) is 37.5 Å². The fourth-order valence-electron chi connectivity index (χ4n) is 1.01. The Balaban J connectivity index is 2.65. The predicted molar refractivity (Wildman–Crippen MR) is 49.0 cm³/mol. The van der Waals surface area contributed by atoms with Crippen LogP contribution < -0.4 is 5.32 Å². The second kappa shape index (κ2) is 4.04. The van der Waals surface area contributed by atoms with Gasteiger partial charge in [-0.05, 0) is 7.05 Å². The highest BCUT2D eigenvalue weighted by Crippen LogP contribution is 2.10. The lowest BCUT2D eigenvalue weighted by Gasteiger charge is -2.12. The Bertz CT molecular complexity index is 271. The van der Waals surface area contributed by atoms with Crippen molar-refractivity contribution in [2.75, 3.05) is 20.8 Å². The third-order valence-corrected chi connectivity index (χ3v) is 1.48. The highest BCUT2D eigenvalue weighted by atomic mass is 16.6. The number of nitrogens with zero attached hydrogens (tertiary/aromatic N) is 2. The van der Waals surface area contributed by atoms with Gasteiger partial charge in [-0.1, -0.05) is 0 Å². The number of nitrogens with one attached hydrogen (secondary N) is 1. The van der Waals surface area contributed by atoms with Crippen LogP contribution in [0, 0.1) is 0 Å². The molecule has 5 nitrogen and oxygen atoms in total. The van der Waals surface area contributed by atoms with Crippen LogP contribution in [0.25, 0.3) is 0 Å². The second-order valence-electron chi connectivity index (χ2n) is 2.80. The van der Waals surface area contributed by atoms with E-state index in [2.05, 4.69) is 10.3 Å². The number of rotatable bonds is 3. The Morgan fingerprint density at radius 3 is 2.85 bits per heavy atom. The standard InChI is InChI=1S/C8H13N3O2/c1-6-10-7(8(12)13-6)4-11(3)5-9-2/h4,9H,5H2,1-3H3/b7-4-. The van der Waals surface area contributed by atoms with Crippen molar-refractivity contribution in [1.82, 2.24) is 10.2 Å². The normalized spacial score (nSPS) is 18.8. The number of carbonyl (C=O) groups excluding carboxylic acids is 1. The van der Waals surface area contributed by atoms with Gasteiger partial charge in [0.25, 0.3) is 0 Å². The third-order valence-electron chi connectivity index (χ3n) is 1.48. The van der Waals surface area contributed by atoms with Gasteiger partial charge in [0, 0.05) is 20.2 Å². The molecule has 0 radical (unpaired) electrons. The number of esters is 1. The second-order valence-corrected chi connectivity index (χ2v) is 2.80. The molecule has 1 N–H and O–H groups in total. The fraction of sp³-hybridized carbons (Fsp3) is 0.500. The zero-order valence-corrected chi connectivity index (χ0v) is 8.00. The molecule has 0 aromatic heterocycles. The summed E-state index contributed by atoms with van der Waals surface area (Å²) in [5, 5.41) is 2.95. The smallest absolute Gasteiger partial charge is 0.365 e. The van der Waals surface area contributed by atoms with Crippen LogP contribution in [0.1, 0.15) is 6.92 Å². The van der Waals surface area contributed by atoms with E-state index >= 15 is 0 Å². The molecule has 72 valence electrons. The summed E-state index contributed by atoms with van der Waals surface area (Å²) >= 11 is 0. The SMILES string of the molecule is CNCN(C)/C=C1\N=C(C)OC1=O. The van der Waals surface area contributed by atoms with Gasteiger partial charge in [-0.2, -0.15) is 0 Å². The number of carbonyl (C=O) groups is 1. The minimum absolute atomic E-state index is 0.343. The molecule has 1 aliphatic rings. The number of hydrogen-bond donors (Lipinski definition) is 1. The van der Waals surface area contributed by atoms with Crippen molar-refractivity contribution in [3.8, 4) is 0 Å². The summed E-state index contributed by atoms with van der Waals surface area (Å²) in [6, 6.07) is 0. The molecule has 0 aromatic rings. The van der Waals surface area contributed by atoms with Crippen molar-refractivity contribution in [1.29, 1.82) is 0 Å². The lowest BCUT2D eigenvalue weighted by molar-refractivity contribution is -0.130. The molecular formula is C8H13N3O2. The number of hydrogen-bond acceptors (Lipinski definition) is 5. The molecular weight excluding hydrogens is 170 g/mol. The number of cyclic esters (lactones) is 1. The quantitative estimate of drug-likeness (QED) is 0.377. The van der Waals surface area contributed by atoms with Gasteiger partial charge < -0.3 is 15.0 Å². The van der Waals surface area contributed by atoms with E-state index in [4.69, 9.17) is 4.74 Å². The maximum atomic E-state index is 11.1. The van der Waals surface area contributed by atoms with Crippen molar-refractivity contribution in [2.24, 2.45) is 4.99 Å². The van der Waals surface area contributed by atoms with E-state index in [1.54, 1.807) is 13.1 Å². The first-order valence-electron chi connectivity index (χ1n) is 3.97. The maximum absolute atomic E-state index is 11.1. The third kappa shape index (κ3) is 2.55. The molecule has 1 aliphatic heterocycles. The van der Waals surface area contributed by atoms with Crippen LogP contribution >= 0.6 is 0 Å². The van der Waals surface area contributed by atoms with Gasteiger partial charge in [-0.25, -0.2) is 9.79 Å². The van der Waals surface area contributed by atoms with Gasteiger partial charge in [-0.15, -0.1) is 0 Å². The molecule has 0 amide bonds. The van der Waals surface area contributed by atoms with E-state index in [1.807, 2.05) is 19.0 Å². The zero-order chi connectivity index (χ0) is 9.84. The molecule has 5 heteroatoms. The maximum Gasteiger partial charge on any atom is 0.365 e. The molecule has 0 saturated heterocycles. The van der Waals surface area contributed by atoms with Crippen molar-refractivity contribution in [3.05, 3.63) is 11.9 Å². The summed E-state index contributed by atoms with van der Waals surface area (Å²) in [4.78, 5) is 16.8. The first-order chi connectivity index (χ1) is 6.13. The van der Waals surface area contributed by atoms with E-state index in [0.717, 1.165) is 0 Å². The number of ether oxygens (including phenoxy) is 1. The van der Waals surface area contributed by atoms with Crippen molar-refractivity contribution in [3.63, 3.8) is 0 Å². The molecule has 0 aliphatic carbocycles. The summed E-state index contributed by atoms with van der Waals surface area (Å²) < 4.78 is 4.75. The van der Waals surface area contributed by atoms with Crippen LogP contribution in [0.5, 0.6) is 0 Å². The van der Waals surface area contributed by atoms with Gasteiger partial charge in [-0.3, -0.25) is 0 Å². The molecule has 0 atom stereocenters. The molecule has 0 aromatic carbocycles.